The van der Waals surface area contributed by atoms with Gasteiger partial charge >= 0.3 is 0 Å². The van der Waals surface area contributed by atoms with Crippen molar-refractivity contribution in [2.75, 3.05) is 10.0 Å². The highest BCUT2D eigenvalue weighted by Gasteiger charge is 2.23. The van der Waals surface area contributed by atoms with Crippen molar-refractivity contribution in [2.24, 2.45) is 0 Å². The van der Waals surface area contributed by atoms with Gasteiger partial charge < -0.3 is 4.74 Å². The average Bonchev–Trinajstić information content (AvgIpc) is 3.22. The molecule has 0 radical (unpaired) electrons. The van der Waals surface area contributed by atoms with Crippen LogP contribution in [-0.2, 0) is 16.6 Å². The third-order valence-electron chi connectivity index (χ3n) is 4.85. The third-order valence-corrected chi connectivity index (χ3v) is 7.19. The molecule has 5 rings (SSSR count). The minimum absolute atomic E-state index is 0.144. The number of aromatic nitrogens is 1. The Morgan fingerprint density at radius 2 is 1.75 bits per heavy atom. The first-order valence-electron chi connectivity index (χ1n) is 9.71. The maximum atomic E-state index is 12.8. The van der Waals surface area contributed by atoms with Crippen molar-refractivity contribution in [3.8, 4) is 17.0 Å². The second-order valence-corrected chi connectivity index (χ2v) is 9.80. The zero-order chi connectivity index (χ0) is 22.1. The van der Waals surface area contributed by atoms with Crippen LogP contribution >= 0.6 is 11.3 Å². The van der Waals surface area contributed by atoms with Crippen LogP contribution in [0.15, 0.2) is 83.8 Å². The van der Waals surface area contributed by atoms with E-state index in [2.05, 4.69) is 15.0 Å². The summed E-state index contributed by atoms with van der Waals surface area (Å²) in [5.41, 5.74) is 2.30. The molecular weight excluding hydrogens is 446 g/mol. The van der Waals surface area contributed by atoms with E-state index in [1.165, 1.54) is 29.5 Å². The van der Waals surface area contributed by atoms with Gasteiger partial charge in [0.15, 0.2) is 5.13 Å². The first-order chi connectivity index (χ1) is 15.5. The molecule has 0 fully saturated rings. The van der Waals surface area contributed by atoms with Crippen LogP contribution in [0.3, 0.4) is 0 Å². The molecule has 160 valence electrons. The third kappa shape index (κ3) is 3.95. The molecule has 3 aromatic carbocycles. The van der Waals surface area contributed by atoms with Crippen LogP contribution in [-0.4, -0.2) is 19.3 Å². The molecule has 2 heterocycles. The number of hydrogen-bond donors (Lipinski definition) is 2. The predicted octanol–water partition coefficient (Wildman–Crippen LogP) is 4.76. The fourth-order valence-corrected chi connectivity index (χ4v) is 5.31. The van der Waals surface area contributed by atoms with E-state index in [9.17, 15) is 13.2 Å². The molecule has 1 amide bonds. The molecule has 4 aromatic rings. The lowest BCUT2D eigenvalue weighted by atomic mass is 10.1. The quantitative estimate of drug-likeness (QED) is 0.445. The maximum Gasteiger partial charge on any atom is 0.261 e. The van der Waals surface area contributed by atoms with Crippen molar-refractivity contribution in [3.05, 3.63) is 89.3 Å². The molecule has 0 aliphatic carbocycles. The van der Waals surface area contributed by atoms with E-state index in [-0.39, 0.29) is 10.8 Å². The first-order valence-corrected chi connectivity index (χ1v) is 12.0. The van der Waals surface area contributed by atoms with Gasteiger partial charge in [-0.25, -0.2) is 13.4 Å². The van der Waals surface area contributed by atoms with Gasteiger partial charge in [-0.1, -0.05) is 47.7 Å². The lowest BCUT2D eigenvalue weighted by Gasteiger charge is -2.15. The summed E-state index contributed by atoms with van der Waals surface area (Å²) in [5, 5.41) is 3.26. The number of nitrogens with one attached hydrogen (secondary N) is 2. The van der Waals surface area contributed by atoms with Crippen molar-refractivity contribution in [1.29, 1.82) is 0 Å². The summed E-state index contributed by atoms with van der Waals surface area (Å²) in [6, 6.07) is 22.0. The molecule has 32 heavy (non-hydrogen) atoms. The van der Waals surface area contributed by atoms with Crippen LogP contribution in [0.5, 0.6) is 5.75 Å². The summed E-state index contributed by atoms with van der Waals surface area (Å²) < 4.78 is 33.4. The number of ether oxygens (including phenoxy) is 1. The largest absolute Gasteiger partial charge is 0.487 e. The van der Waals surface area contributed by atoms with Gasteiger partial charge in [0.25, 0.3) is 15.9 Å². The van der Waals surface area contributed by atoms with Gasteiger partial charge in [-0.3, -0.25) is 14.8 Å². The Labute approximate surface area is 188 Å². The van der Waals surface area contributed by atoms with Crippen LogP contribution in [0.2, 0.25) is 0 Å². The predicted molar refractivity (Wildman–Crippen MR) is 124 cm³/mol. The second kappa shape index (κ2) is 8.10. The van der Waals surface area contributed by atoms with Gasteiger partial charge in [0, 0.05) is 16.8 Å². The Hall–Kier alpha value is -3.69. The van der Waals surface area contributed by atoms with E-state index in [1.54, 1.807) is 36.4 Å². The van der Waals surface area contributed by atoms with Crippen molar-refractivity contribution in [2.45, 2.75) is 11.5 Å². The van der Waals surface area contributed by atoms with Crippen molar-refractivity contribution in [1.82, 2.24) is 4.98 Å². The number of carbonyl (C=O) groups is 1. The van der Waals surface area contributed by atoms with Crippen LogP contribution in [0.25, 0.3) is 11.3 Å². The smallest absolute Gasteiger partial charge is 0.261 e. The fraction of sp³-hybridized carbons (Fsp3) is 0.0435. The standard InChI is InChI=1S/C23H17N3O4S2/c27-22(25-23-24-21-18-11-4-5-12-19(18)30-14-20(21)31-23)15-7-6-8-16(13-15)26-32(28,29)17-9-2-1-3-10-17/h1-13,26H,14H2,(H,24,25,27). The molecule has 0 spiro atoms. The van der Waals surface area contributed by atoms with Gasteiger partial charge in [-0.15, -0.1) is 0 Å². The maximum absolute atomic E-state index is 12.8. The molecule has 0 atom stereocenters. The Morgan fingerprint density at radius 1 is 0.969 bits per heavy atom. The molecule has 0 unspecified atom stereocenters. The summed E-state index contributed by atoms with van der Waals surface area (Å²) in [6.07, 6.45) is 0. The normalized spacial score (nSPS) is 12.2. The molecule has 7 nitrogen and oxygen atoms in total. The number of nitrogens with zero attached hydrogens (tertiary/aromatic N) is 1. The Balaban J connectivity index is 1.35. The minimum Gasteiger partial charge on any atom is -0.487 e. The van der Waals surface area contributed by atoms with Crippen LogP contribution in [0.4, 0.5) is 10.8 Å². The van der Waals surface area contributed by atoms with Gasteiger partial charge in [0.05, 0.1) is 15.5 Å². The van der Waals surface area contributed by atoms with E-state index in [0.29, 0.717) is 23.0 Å². The number of carbonyl (C=O) groups excluding carboxylic acids is 1. The molecule has 1 aliphatic rings. The lowest BCUT2D eigenvalue weighted by Crippen LogP contribution is -2.15. The number of fused-ring (bicyclic) bond motifs is 3. The zero-order valence-corrected chi connectivity index (χ0v) is 18.2. The van der Waals surface area contributed by atoms with Crippen molar-refractivity contribution in [3.63, 3.8) is 0 Å². The van der Waals surface area contributed by atoms with Crippen LogP contribution in [0, 0.1) is 0 Å². The van der Waals surface area contributed by atoms with Crippen molar-refractivity contribution < 1.29 is 17.9 Å². The topological polar surface area (TPSA) is 97.4 Å². The summed E-state index contributed by atoms with van der Waals surface area (Å²) in [7, 11) is -3.75. The highest BCUT2D eigenvalue weighted by molar-refractivity contribution is 7.92. The Kier molecular flexibility index (Phi) is 5.12. The highest BCUT2D eigenvalue weighted by atomic mass is 32.2. The minimum atomic E-state index is -3.75. The van der Waals surface area contributed by atoms with Gasteiger partial charge in [-0.05, 0) is 42.5 Å². The zero-order valence-electron chi connectivity index (χ0n) is 16.6. The summed E-state index contributed by atoms with van der Waals surface area (Å²) >= 11 is 1.35. The van der Waals surface area contributed by atoms with E-state index in [4.69, 9.17) is 4.74 Å². The fourth-order valence-electron chi connectivity index (χ4n) is 3.35. The number of anilines is 2. The average molecular weight is 464 g/mol. The summed E-state index contributed by atoms with van der Waals surface area (Å²) in [5.74, 6) is 0.382. The van der Waals surface area contributed by atoms with Gasteiger partial charge in [-0.2, -0.15) is 0 Å². The molecule has 9 heteroatoms. The van der Waals surface area contributed by atoms with Crippen LogP contribution < -0.4 is 14.8 Å². The number of amides is 1. The van der Waals surface area contributed by atoms with Crippen molar-refractivity contribution >= 4 is 38.1 Å². The lowest BCUT2D eigenvalue weighted by molar-refractivity contribution is 0.102. The molecule has 0 bridgehead atoms. The molecular formula is C23H17N3O4S2. The monoisotopic (exact) mass is 463 g/mol. The number of rotatable bonds is 5. The molecule has 0 saturated carbocycles. The van der Waals surface area contributed by atoms with Gasteiger partial charge in [0.1, 0.15) is 12.4 Å². The molecule has 0 saturated heterocycles. The number of para-hydroxylation sites is 1. The number of hydrogen-bond acceptors (Lipinski definition) is 6. The van der Waals surface area contributed by atoms with Gasteiger partial charge in [0.2, 0.25) is 0 Å². The number of sulfonamides is 1. The SMILES string of the molecule is O=C(Nc1nc2c(s1)COc1ccccc1-2)c1cccc(NS(=O)(=O)c2ccccc2)c1. The molecule has 1 aromatic heterocycles. The van der Waals surface area contributed by atoms with E-state index >= 15 is 0 Å². The summed E-state index contributed by atoms with van der Waals surface area (Å²) in [6.45, 7) is 0.399. The van der Waals surface area contributed by atoms with E-state index < -0.39 is 10.0 Å². The highest BCUT2D eigenvalue weighted by Crippen LogP contribution is 2.40. The Bertz CT molecular complexity index is 1420. The number of thiazole rings is 1. The first kappa shape index (κ1) is 20.2. The molecule has 2 N–H and O–H groups in total. The van der Waals surface area contributed by atoms with E-state index in [0.717, 1.165) is 21.9 Å². The summed E-state index contributed by atoms with van der Waals surface area (Å²) in [4.78, 5) is 18.5. The van der Waals surface area contributed by atoms with Crippen LogP contribution in [0.1, 0.15) is 15.2 Å². The Morgan fingerprint density at radius 3 is 2.59 bits per heavy atom. The molecule has 1 aliphatic heterocycles. The van der Waals surface area contributed by atoms with E-state index in [1.807, 2.05) is 24.3 Å². The number of benzene rings is 3. The second-order valence-electron chi connectivity index (χ2n) is 7.03.